The summed E-state index contributed by atoms with van der Waals surface area (Å²) >= 11 is 5.32. The maximum Gasteiger partial charge on any atom is 0.202 e. The van der Waals surface area contributed by atoms with Crippen LogP contribution in [0.25, 0.3) is 11.0 Å². The van der Waals surface area contributed by atoms with Crippen molar-refractivity contribution in [3.05, 3.63) is 77.2 Å². The van der Waals surface area contributed by atoms with Crippen LogP contribution < -0.4 is 5.73 Å². The summed E-state index contributed by atoms with van der Waals surface area (Å²) in [6.45, 7) is 0.677. The number of rotatable bonds is 3. The van der Waals surface area contributed by atoms with Crippen LogP contribution in [0.3, 0.4) is 0 Å². The molecule has 3 heterocycles. The topological polar surface area (TPSA) is 56.2 Å². The summed E-state index contributed by atoms with van der Waals surface area (Å²) in [5.74, 6) is 0.545. The van der Waals surface area contributed by atoms with Gasteiger partial charge < -0.3 is 5.73 Å². The molecule has 134 valence electrons. The highest BCUT2D eigenvalue weighted by Gasteiger charge is 2.29. The molecule has 27 heavy (non-hydrogen) atoms. The van der Waals surface area contributed by atoms with Crippen molar-refractivity contribution in [2.45, 2.75) is 15.5 Å². The summed E-state index contributed by atoms with van der Waals surface area (Å²) < 4.78 is 3.48. The fraction of sp³-hybridized carbons (Fsp3) is 0.100. The molecule has 1 atom stereocenters. The Hall–Kier alpha value is -2.22. The molecule has 2 aromatic carbocycles. The van der Waals surface area contributed by atoms with Gasteiger partial charge in [0.25, 0.3) is 0 Å². The van der Waals surface area contributed by atoms with E-state index in [9.17, 15) is 0 Å². The second-order valence-electron chi connectivity index (χ2n) is 6.10. The molecule has 5 rings (SSSR count). The lowest BCUT2D eigenvalue weighted by Crippen LogP contribution is -2.13. The van der Waals surface area contributed by atoms with Gasteiger partial charge in [-0.3, -0.25) is 9.56 Å². The molecule has 1 aliphatic rings. The zero-order valence-electron chi connectivity index (χ0n) is 14.3. The molecule has 0 amide bonds. The SMILES string of the molecule is Nc1nc2ccccc2n1C1SC(=NCc2ccccc2)c2ccsc2S1. The van der Waals surface area contributed by atoms with Crippen LogP contribution in [0.1, 0.15) is 15.8 Å². The molecular weight excluding hydrogens is 392 g/mol. The monoisotopic (exact) mass is 408 g/mol. The molecule has 4 aromatic rings. The predicted molar refractivity (Wildman–Crippen MR) is 118 cm³/mol. The second kappa shape index (κ2) is 7.07. The lowest BCUT2D eigenvalue weighted by atomic mass is 10.2. The first-order valence-electron chi connectivity index (χ1n) is 8.51. The zero-order chi connectivity index (χ0) is 18.2. The van der Waals surface area contributed by atoms with Gasteiger partial charge >= 0.3 is 0 Å². The van der Waals surface area contributed by atoms with Crippen LogP contribution in [0.2, 0.25) is 0 Å². The minimum atomic E-state index is 0.0815. The van der Waals surface area contributed by atoms with E-state index in [4.69, 9.17) is 10.7 Å². The number of thiophene rings is 1. The van der Waals surface area contributed by atoms with Gasteiger partial charge in [0, 0.05) is 5.56 Å². The van der Waals surface area contributed by atoms with Crippen molar-refractivity contribution in [3.63, 3.8) is 0 Å². The molecule has 0 spiro atoms. The smallest absolute Gasteiger partial charge is 0.202 e. The van der Waals surface area contributed by atoms with Crippen LogP contribution in [0.5, 0.6) is 0 Å². The van der Waals surface area contributed by atoms with Gasteiger partial charge in [0.1, 0.15) is 9.75 Å². The van der Waals surface area contributed by atoms with E-state index in [-0.39, 0.29) is 4.71 Å². The van der Waals surface area contributed by atoms with Crippen molar-refractivity contribution in [2.24, 2.45) is 4.99 Å². The first-order valence-corrected chi connectivity index (χ1v) is 11.2. The van der Waals surface area contributed by atoms with Crippen LogP contribution in [0.4, 0.5) is 5.95 Å². The molecular formula is C20H16N4S3. The summed E-state index contributed by atoms with van der Waals surface area (Å²) in [6, 6.07) is 20.6. The maximum atomic E-state index is 6.28. The average molecular weight is 409 g/mol. The number of nitrogens with two attached hydrogens (primary N) is 1. The van der Waals surface area contributed by atoms with Gasteiger partial charge in [0.15, 0.2) is 0 Å². The number of hydrogen-bond acceptors (Lipinski definition) is 6. The second-order valence-corrected chi connectivity index (χ2v) is 9.73. The number of nitrogens with zero attached hydrogens (tertiary/aromatic N) is 3. The number of hydrogen-bond donors (Lipinski definition) is 1. The minimum Gasteiger partial charge on any atom is -0.369 e. The summed E-state index contributed by atoms with van der Waals surface area (Å²) in [7, 11) is 0. The van der Waals surface area contributed by atoms with Gasteiger partial charge in [-0.25, -0.2) is 4.98 Å². The van der Waals surface area contributed by atoms with E-state index in [0.717, 1.165) is 16.1 Å². The summed E-state index contributed by atoms with van der Waals surface area (Å²) in [6.07, 6.45) is 0. The van der Waals surface area contributed by atoms with E-state index in [1.54, 1.807) is 23.1 Å². The number of fused-ring (bicyclic) bond motifs is 2. The molecule has 2 N–H and O–H groups in total. The third-order valence-corrected chi connectivity index (χ3v) is 8.05. The lowest BCUT2D eigenvalue weighted by molar-refractivity contribution is 0.920. The number of thioether (sulfide) groups is 2. The maximum absolute atomic E-state index is 6.28. The first-order chi connectivity index (χ1) is 13.3. The summed E-state index contributed by atoms with van der Waals surface area (Å²) in [4.78, 5) is 9.46. The molecule has 0 fully saturated rings. The molecule has 0 aliphatic carbocycles. The largest absolute Gasteiger partial charge is 0.369 e. The highest BCUT2D eigenvalue weighted by atomic mass is 32.2. The van der Waals surface area contributed by atoms with Crippen LogP contribution in [-0.4, -0.2) is 14.6 Å². The van der Waals surface area contributed by atoms with E-state index in [1.807, 2.05) is 36.0 Å². The number of anilines is 1. The van der Waals surface area contributed by atoms with Crippen molar-refractivity contribution >= 4 is 56.9 Å². The standard InChI is InChI=1S/C20H16N4S3/c21-19-23-15-8-4-5-9-16(15)24(19)20-26-17(14-10-11-25-18(14)27-20)22-12-13-6-2-1-3-7-13/h1-11,20H,12H2,(H2,21,23). The zero-order valence-corrected chi connectivity index (χ0v) is 16.7. The van der Waals surface area contributed by atoms with Gasteiger partial charge in [0.2, 0.25) is 5.95 Å². The van der Waals surface area contributed by atoms with Gasteiger partial charge in [-0.1, -0.05) is 66.0 Å². The highest BCUT2D eigenvalue weighted by molar-refractivity contribution is 8.25. The number of aliphatic imine (C=N–C) groups is 1. The molecule has 0 radical (unpaired) electrons. The molecule has 1 aliphatic heterocycles. The number of nitrogen functional groups attached to an aromatic ring is 1. The van der Waals surface area contributed by atoms with E-state index >= 15 is 0 Å². The third kappa shape index (κ3) is 3.16. The van der Waals surface area contributed by atoms with E-state index in [2.05, 4.69) is 51.3 Å². The molecule has 0 saturated heterocycles. The summed E-state index contributed by atoms with van der Waals surface area (Å²) in [5.41, 5.74) is 10.7. The Balaban J connectivity index is 1.54. The Labute approximate surface area is 169 Å². The van der Waals surface area contributed by atoms with Crippen molar-refractivity contribution in [1.82, 2.24) is 9.55 Å². The van der Waals surface area contributed by atoms with Crippen molar-refractivity contribution in [2.75, 3.05) is 5.73 Å². The molecule has 1 unspecified atom stereocenters. The van der Waals surface area contributed by atoms with Gasteiger partial charge in [-0.15, -0.1) is 11.3 Å². The third-order valence-electron chi connectivity index (χ3n) is 4.36. The van der Waals surface area contributed by atoms with E-state index in [0.29, 0.717) is 12.5 Å². The van der Waals surface area contributed by atoms with Crippen molar-refractivity contribution in [3.8, 4) is 0 Å². The quantitative estimate of drug-likeness (QED) is 0.478. The lowest BCUT2D eigenvalue weighted by Gasteiger charge is -2.25. The average Bonchev–Trinajstić information content (AvgIpc) is 3.30. The van der Waals surface area contributed by atoms with Crippen LogP contribution >= 0.6 is 34.9 Å². The highest BCUT2D eigenvalue weighted by Crippen LogP contribution is 2.52. The van der Waals surface area contributed by atoms with Crippen molar-refractivity contribution in [1.29, 1.82) is 0 Å². The Kier molecular flexibility index (Phi) is 4.43. The first kappa shape index (κ1) is 16.9. The molecule has 4 nitrogen and oxygen atoms in total. The fourth-order valence-corrected chi connectivity index (χ4v) is 7.18. The van der Waals surface area contributed by atoms with Gasteiger partial charge in [0.05, 0.1) is 21.8 Å². The number of benzene rings is 2. The van der Waals surface area contributed by atoms with Crippen molar-refractivity contribution < 1.29 is 0 Å². The Bertz CT molecular complexity index is 1130. The molecule has 7 heteroatoms. The molecule has 0 bridgehead atoms. The van der Waals surface area contributed by atoms with Gasteiger partial charge in [-0.05, 0) is 29.1 Å². The minimum absolute atomic E-state index is 0.0815. The van der Waals surface area contributed by atoms with E-state index < -0.39 is 0 Å². The van der Waals surface area contributed by atoms with Crippen LogP contribution in [0, 0.1) is 0 Å². The predicted octanol–water partition coefficient (Wildman–Crippen LogP) is 5.62. The summed E-state index contributed by atoms with van der Waals surface area (Å²) in [5, 5.41) is 3.20. The van der Waals surface area contributed by atoms with Crippen LogP contribution in [-0.2, 0) is 6.54 Å². The molecule has 2 aromatic heterocycles. The fourth-order valence-electron chi connectivity index (χ4n) is 3.08. The van der Waals surface area contributed by atoms with Gasteiger partial charge in [-0.2, -0.15) is 0 Å². The van der Waals surface area contributed by atoms with E-state index in [1.165, 1.54) is 15.3 Å². The number of aromatic nitrogens is 2. The Morgan fingerprint density at radius 1 is 1.00 bits per heavy atom. The van der Waals surface area contributed by atoms with Crippen LogP contribution in [0.15, 0.2) is 75.2 Å². The number of imidazole rings is 1. The Morgan fingerprint density at radius 3 is 2.70 bits per heavy atom. The normalized spacial score (nSPS) is 18.1. The Morgan fingerprint density at radius 2 is 1.81 bits per heavy atom. The number of para-hydroxylation sites is 2. The molecule has 0 saturated carbocycles.